The van der Waals surface area contributed by atoms with Crippen LogP contribution in [-0.2, 0) is 38.6 Å². The summed E-state index contributed by atoms with van der Waals surface area (Å²) in [7, 11) is 1.31. The number of nitrogens with one attached hydrogen (secondary N) is 3. The molecule has 0 saturated carbocycles. The second-order valence-electron chi connectivity index (χ2n) is 9.35. The number of aromatic nitrogens is 2. The Balaban J connectivity index is 2.15. The summed E-state index contributed by atoms with van der Waals surface area (Å²) < 4.78 is 11.2. The van der Waals surface area contributed by atoms with E-state index in [1.807, 2.05) is 6.07 Å². The van der Waals surface area contributed by atoms with Crippen molar-refractivity contribution in [2.24, 2.45) is 5.73 Å². The summed E-state index contributed by atoms with van der Waals surface area (Å²) in [6, 6.07) is 7.17. The molecule has 37 heavy (non-hydrogen) atoms. The quantitative estimate of drug-likeness (QED) is 0.163. The number of amidine groups is 1. The van der Waals surface area contributed by atoms with Crippen LogP contribution in [0.15, 0.2) is 29.1 Å². The Morgan fingerprint density at radius 3 is 2.49 bits per heavy atom. The number of ether oxygens (including phenoxy) is 2. The number of carbonyl (C=O) groups excluding carboxylic acids is 3. The van der Waals surface area contributed by atoms with Crippen LogP contribution in [0.5, 0.6) is 0 Å². The molecular formula is C24H35N7O6. The molecule has 13 nitrogen and oxygen atoms in total. The van der Waals surface area contributed by atoms with Crippen LogP contribution in [0.25, 0.3) is 0 Å². The Morgan fingerprint density at radius 1 is 1.22 bits per heavy atom. The molecule has 1 aromatic carbocycles. The maximum atomic E-state index is 13.0. The van der Waals surface area contributed by atoms with E-state index < -0.39 is 17.4 Å². The number of carbonyl (C=O) groups is 3. The van der Waals surface area contributed by atoms with Gasteiger partial charge in [-0.2, -0.15) is 0 Å². The van der Waals surface area contributed by atoms with Crippen LogP contribution in [0, 0.1) is 5.41 Å². The van der Waals surface area contributed by atoms with E-state index >= 15 is 0 Å². The second kappa shape index (κ2) is 12.6. The number of H-pyrrole nitrogens is 1. The molecule has 2 amide bonds. The van der Waals surface area contributed by atoms with E-state index in [1.165, 1.54) is 16.6 Å². The minimum atomic E-state index is -0.718. The summed E-state index contributed by atoms with van der Waals surface area (Å²) in [5, 5.41) is 9.97. The fourth-order valence-corrected chi connectivity index (χ4v) is 3.49. The number of methoxy groups -OCH3 is 1. The van der Waals surface area contributed by atoms with Crippen molar-refractivity contribution in [3.63, 3.8) is 0 Å². The Morgan fingerprint density at radius 2 is 1.89 bits per heavy atom. The number of aromatic amines is 1. The van der Waals surface area contributed by atoms with Crippen molar-refractivity contribution in [1.82, 2.24) is 19.8 Å². The van der Waals surface area contributed by atoms with Crippen molar-refractivity contribution in [3.05, 3.63) is 51.6 Å². The summed E-state index contributed by atoms with van der Waals surface area (Å²) in [5.74, 6) is -1.07. The summed E-state index contributed by atoms with van der Waals surface area (Å²) in [6.45, 7) is 5.44. The first kappa shape index (κ1) is 28.9. The zero-order valence-electron chi connectivity index (χ0n) is 21.6. The molecule has 0 spiro atoms. The van der Waals surface area contributed by atoms with Gasteiger partial charge in [0, 0.05) is 19.6 Å². The number of alkyl carbamates (subject to hydrolysis) is 1. The Hall–Kier alpha value is -4.29. The maximum Gasteiger partial charge on any atom is 0.408 e. The number of benzene rings is 1. The molecule has 13 heteroatoms. The number of nitrogens with zero attached hydrogens (tertiary/aromatic N) is 2. The molecule has 202 valence electrons. The predicted molar refractivity (Wildman–Crippen MR) is 137 cm³/mol. The van der Waals surface area contributed by atoms with E-state index in [1.54, 1.807) is 39.0 Å². The van der Waals surface area contributed by atoms with Gasteiger partial charge in [0.25, 0.3) is 0 Å². The largest absolute Gasteiger partial charge is 0.469 e. The highest BCUT2D eigenvalue weighted by atomic mass is 16.6. The molecule has 0 unspecified atom stereocenters. The van der Waals surface area contributed by atoms with Gasteiger partial charge in [-0.25, -0.2) is 9.59 Å². The Kier molecular flexibility index (Phi) is 9.86. The van der Waals surface area contributed by atoms with Gasteiger partial charge >= 0.3 is 17.8 Å². The van der Waals surface area contributed by atoms with Crippen molar-refractivity contribution in [2.45, 2.75) is 52.3 Å². The molecule has 7 N–H and O–H groups in total. The molecule has 2 aromatic rings. The lowest BCUT2D eigenvalue weighted by Gasteiger charge is -2.24. The Labute approximate surface area is 214 Å². The molecule has 0 aliphatic heterocycles. The van der Waals surface area contributed by atoms with Crippen LogP contribution in [-0.4, -0.2) is 64.1 Å². The molecule has 2 rings (SSSR count). The number of nitrogen functional groups attached to an aromatic ring is 2. The monoisotopic (exact) mass is 517 g/mol. The van der Waals surface area contributed by atoms with Crippen LogP contribution in [0.2, 0.25) is 0 Å². The molecule has 0 atom stereocenters. The summed E-state index contributed by atoms with van der Waals surface area (Å²) >= 11 is 0. The molecule has 0 fully saturated rings. The van der Waals surface area contributed by atoms with Gasteiger partial charge in [-0.1, -0.05) is 24.3 Å². The zero-order chi connectivity index (χ0) is 27.8. The highest BCUT2D eigenvalue weighted by Gasteiger charge is 2.20. The highest BCUT2D eigenvalue weighted by molar-refractivity contribution is 5.97. The minimum Gasteiger partial charge on any atom is -0.469 e. The van der Waals surface area contributed by atoms with Crippen molar-refractivity contribution in [3.8, 4) is 0 Å². The molecule has 0 radical (unpaired) electrons. The van der Waals surface area contributed by atoms with E-state index in [2.05, 4.69) is 10.3 Å². The van der Waals surface area contributed by atoms with Gasteiger partial charge in [0.15, 0.2) is 0 Å². The normalized spacial score (nSPS) is 11.0. The van der Waals surface area contributed by atoms with Gasteiger partial charge in [-0.15, -0.1) is 0 Å². The van der Waals surface area contributed by atoms with E-state index in [-0.39, 0.29) is 61.8 Å². The van der Waals surface area contributed by atoms with Gasteiger partial charge in [-0.3, -0.25) is 19.6 Å². The van der Waals surface area contributed by atoms with E-state index in [9.17, 15) is 19.2 Å². The van der Waals surface area contributed by atoms with Gasteiger partial charge < -0.3 is 36.1 Å². The smallest absolute Gasteiger partial charge is 0.408 e. The number of anilines is 1. The lowest BCUT2D eigenvalue weighted by molar-refractivity contribution is -0.139. The van der Waals surface area contributed by atoms with E-state index in [0.717, 1.165) is 11.1 Å². The van der Waals surface area contributed by atoms with Gasteiger partial charge in [-0.05, 0) is 38.3 Å². The molecule has 0 saturated heterocycles. The third-order valence-electron chi connectivity index (χ3n) is 5.18. The van der Waals surface area contributed by atoms with Gasteiger partial charge in [0.2, 0.25) is 5.91 Å². The van der Waals surface area contributed by atoms with Crippen molar-refractivity contribution < 1.29 is 23.9 Å². The molecule has 1 heterocycles. The fraction of sp³-hybridized carbons (Fsp3) is 0.458. The molecule has 0 aliphatic carbocycles. The number of nitrogens with two attached hydrogens (primary N) is 2. The Bertz CT molecular complexity index is 1190. The standard InChI is InChI=1S/C24H35N7O6/c1-24(2,3)37-23(35)28-13-17(32)30(14-16-8-5-7-15(11-16)12-18(33)36-4)9-6-10-31-21(27)19(20(25)26)29-22(31)34/h5,7-8,11H,6,9-10,12-14,27H2,1-4H3,(H3,25,26)(H,28,35)(H,29,34). The second-order valence-corrected chi connectivity index (χ2v) is 9.35. The molecular weight excluding hydrogens is 482 g/mol. The lowest BCUT2D eigenvalue weighted by Crippen LogP contribution is -2.42. The molecule has 0 aliphatic rings. The number of esters is 1. The van der Waals surface area contributed by atoms with Crippen molar-refractivity contribution in [1.29, 1.82) is 5.41 Å². The fourth-order valence-electron chi connectivity index (χ4n) is 3.49. The highest BCUT2D eigenvalue weighted by Crippen LogP contribution is 2.12. The average molecular weight is 518 g/mol. The summed E-state index contributed by atoms with van der Waals surface area (Å²) in [5.41, 5.74) is 11.7. The van der Waals surface area contributed by atoms with Crippen LogP contribution < -0.4 is 22.5 Å². The molecule has 0 bridgehead atoms. The first-order chi connectivity index (χ1) is 17.3. The number of hydrogen-bond donors (Lipinski definition) is 5. The van der Waals surface area contributed by atoms with Crippen molar-refractivity contribution in [2.75, 3.05) is 25.9 Å². The summed E-state index contributed by atoms with van der Waals surface area (Å²) in [6.07, 6.45) is -0.282. The van der Waals surface area contributed by atoms with Crippen molar-refractivity contribution >= 4 is 29.6 Å². The van der Waals surface area contributed by atoms with E-state index in [0.29, 0.717) is 6.42 Å². The first-order valence-electron chi connectivity index (χ1n) is 11.6. The predicted octanol–water partition coefficient (Wildman–Crippen LogP) is 0.702. The van der Waals surface area contributed by atoms with Crippen LogP contribution in [0.1, 0.15) is 44.0 Å². The number of rotatable bonds is 11. The van der Waals surface area contributed by atoms with Gasteiger partial charge in [0.1, 0.15) is 29.5 Å². The molecule has 1 aromatic heterocycles. The van der Waals surface area contributed by atoms with Crippen LogP contribution in [0.3, 0.4) is 0 Å². The number of hydrogen-bond acceptors (Lipinski definition) is 8. The maximum absolute atomic E-state index is 13.0. The zero-order valence-corrected chi connectivity index (χ0v) is 21.6. The first-order valence-corrected chi connectivity index (χ1v) is 11.6. The third-order valence-corrected chi connectivity index (χ3v) is 5.18. The average Bonchev–Trinajstić information content (AvgIpc) is 3.09. The third kappa shape index (κ3) is 9.02. The topological polar surface area (TPSA) is 199 Å². The number of amides is 2. The van der Waals surface area contributed by atoms with Crippen LogP contribution >= 0.6 is 0 Å². The SMILES string of the molecule is COC(=O)Cc1cccc(CN(CCCn2c(N)c(C(=N)N)[nH]c2=O)C(=O)CNC(=O)OC(C)(C)C)c1. The lowest BCUT2D eigenvalue weighted by atomic mass is 10.1. The van der Waals surface area contributed by atoms with Gasteiger partial charge in [0.05, 0.1) is 13.5 Å². The minimum absolute atomic E-state index is 0.0393. The van der Waals surface area contributed by atoms with E-state index in [4.69, 9.17) is 26.4 Å². The summed E-state index contributed by atoms with van der Waals surface area (Å²) in [4.78, 5) is 52.9. The number of imidazole rings is 1. The van der Waals surface area contributed by atoms with Crippen LogP contribution in [0.4, 0.5) is 10.6 Å².